The van der Waals surface area contributed by atoms with Gasteiger partial charge >= 0.3 is 11.9 Å². The Labute approximate surface area is 172 Å². The normalized spacial score (nSPS) is 48.9. The van der Waals surface area contributed by atoms with Crippen LogP contribution in [0.5, 0.6) is 0 Å². The lowest BCUT2D eigenvalue weighted by Crippen LogP contribution is -2.69. The molecule has 1 N–H and O–H groups in total. The van der Waals surface area contributed by atoms with Crippen LogP contribution in [0.2, 0.25) is 0 Å². The van der Waals surface area contributed by atoms with E-state index in [-0.39, 0.29) is 53.1 Å². The molecule has 4 fully saturated rings. The molecular weight excluding hydrogens is 372 g/mol. The van der Waals surface area contributed by atoms with E-state index in [0.717, 1.165) is 32.1 Å². The zero-order valence-corrected chi connectivity index (χ0v) is 18.0. The number of esters is 2. The van der Waals surface area contributed by atoms with E-state index in [2.05, 4.69) is 6.92 Å². The standard InChI is InChI=1S/C23H34O6/c1-13(24)28-17-12-21(3)16(7-8-19(21)29-14(2)25)15-11-18(26)23(27)10-6-5-9-22(23,4)20(15)17/h15-17,19-20,27H,5-12H2,1-4H3/t15-,16+,17+,19+,20-,21-,22+,23-/m0/s1. The van der Waals surface area contributed by atoms with Crippen molar-refractivity contribution in [2.45, 2.75) is 96.9 Å². The number of ketones is 1. The zero-order chi connectivity index (χ0) is 21.2. The van der Waals surface area contributed by atoms with Crippen molar-refractivity contribution in [2.24, 2.45) is 28.6 Å². The number of carbonyl (C=O) groups excluding carboxylic acids is 3. The highest BCUT2D eigenvalue weighted by molar-refractivity contribution is 5.89. The number of Topliss-reactive ketones (excluding diaryl/α,β-unsaturated/α-hetero) is 1. The molecule has 0 heterocycles. The molecule has 0 unspecified atom stereocenters. The fourth-order valence-corrected chi connectivity index (χ4v) is 7.82. The maximum atomic E-state index is 13.2. The van der Waals surface area contributed by atoms with Crippen LogP contribution < -0.4 is 0 Å². The molecule has 6 nitrogen and oxygen atoms in total. The first-order valence-corrected chi connectivity index (χ1v) is 11.1. The summed E-state index contributed by atoms with van der Waals surface area (Å²) in [5.74, 6) is -0.481. The first-order chi connectivity index (χ1) is 13.5. The summed E-state index contributed by atoms with van der Waals surface area (Å²) in [6.07, 6.45) is 5.08. The highest BCUT2D eigenvalue weighted by Crippen LogP contribution is 2.67. The van der Waals surface area contributed by atoms with Gasteiger partial charge in [0, 0.05) is 37.0 Å². The summed E-state index contributed by atoms with van der Waals surface area (Å²) in [6.45, 7) is 7.02. The lowest BCUT2D eigenvalue weighted by molar-refractivity contribution is -0.233. The highest BCUT2D eigenvalue weighted by atomic mass is 16.6. The van der Waals surface area contributed by atoms with Crippen molar-refractivity contribution in [2.75, 3.05) is 0 Å². The van der Waals surface area contributed by atoms with Gasteiger partial charge in [-0.3, -0.25) is 14.4 Å². The van der Waals surface area contributed by atoms with Gasteiger partial charge in [0.2, 0.25) is 0 Å². The summed E-state index contributed by atoms with van der Waals surface area (Å²) >= 11 is 0. The van der Waals surface area contributed by atoms with E-state index >= 15 is 0 Å². The Kier molecular flexibility index (Phi) is 4.88. The third-order valence-corrected chi connectivity index (χ3v) is 9.02. The predicted molar refractivity (Wildman–Crippen MR) is 105 cm³/mol. The summed E-state index contributed by atoms with van der Waals surface area (Å²) < 4.78 is 11.6. The number of carbonyl (C=O) groups is 3. The van der Waals surface area contributed by atoms with Gasteiger partial charge in [-0.25, -0.2) is 0 Å². The molecule has 0 spiro atoms. The lowest BCUT2D eigenvalue weighted by Gasteiger charge is -2.63. The number of hydrogen-bond donors (Lipinski definition) is 1. The molecule has 0 amide bonds. The maximum absolute atomic E-state index is 13.2. The molecule has 162 valence electrons. The van der Waals surface area contributed by atoms with E-state index in [1.165, 1.54) is 13.8 Å². The number of fused-ring (bicyclic) bond motifs is 5. The highest BCUT2D eigenvalue weighted by Gasteiger charge is 2.70. The second-order valence-corrected chi connectivity index (χ2v) is 10.4. The SMILES string of the molecule is CC(=O)O[C@@H]1C[C@@]2(C)[C@H](CC[C@H]2OC(C)=O)[C@@H]2CC(=O)[C@@]3(O)CCCC[C@]3(C)[C@@H]21. The van der Waals surface area contributed by atoms with Crippen molar-refractivity contribution in [1.82, 2.24) is 0 Å². The summed E-state index contributed by atoms with van der Waals surface area (Å²) in [5, 5.41) is 11.5. The van der Waals surface area contributed by atoms with Crippen molar-refractivity contribution in [3.63, 3.8) is 0 Å². The number of aliphatic hydroxyl groups is 1. The minimum absolute atomic E-state index is 0.0366. The van der Waals surface area contributed by atoms with Crippen LogP contribution in [0.1, 0.15) is 79.1 Å². The van der Waals surface area contributed by atoms with Gasteiger partial charge in [-0.1, -0.05) is 26.7 Å². The number of rotatable bonds is 2. The first kappa shape index (κ1) is 20.8. The van der Waals surface area contributed by atoms with E-state index in [1.54, 1.807) is 0 Å². The Bertz CT molecular complexity index is 733. The molecule has 4 rings (SSSR count). The molecule has 0 aliphatic heterocycles. The topological polar surface area (TPSA) is 89.9 Å². The van der Waals surface area contributed by atoms with Gasteiger partial charge < -0.3 is 14.6 Å². The van der Waals surface area contributed by atoms with Gasteiger partial charge in [0.15, 0.2) is 5.78 Å². The number of hydrogen-bond acceptors (Lipinski definition) is 6. The van der Waals surface area contributed by atoms with Gasteiger partial charge in [0.25, 0.3) is 0 Å². The third kappa shape index (κ3) is 2.88. The van der Waals surface area contributed by atoms with E-state index in [1.807, 2.05) is 6.92 Å². The Hall–Kier alpha value is -1.43. The molecular formula is C23H34O6. The molecule has 4 aliphatic rings. The fourth-order valence-electron chi connectivity index (χ4n) is 7.82. The van der Waals surface area contributed by atoms with Gasteiger partial charge in [-0.2, -0.15) is 0 Å². The molecule has 6 heteroatoms. The average Bonchev–Trinajstić information content (AvgIpc) is 2.92. The van der Waals surface area contributed by atoms with Crippen LogP contribution in [-0.4, -0.2) is 40.6 Å². The lowest BCUT2D eigenvalue weighted by atomic mass is 9.42. The third-order valence-electron chi connectivity index (χ3n) is 9.02. The summed E-state index contributed by atoms with van der Waals surface area (Å²) in [7, 11) is 0. The van der Waals surface area contributed by atoms with Crippen LogP contribution in [0.15, 0.2) is 0 Å². The van der Waals surface area contributed by atoms with Crippen LogP contribution >= 0.6 is 0 Å². The van der Waals surface area contributed by atoms with Crippen LogP contribution in [0.4, 0.5) is 0 Å². The molecule has 29 heavy (non-hydrogen) atoms. The van der Waals surface area contributed by atoms with Crippen molar-refractivity contribution in [3.05, 3.63) is 0 Å². The molecule has 0 aromatic heterocycles. The summed E-state index contributed by atoms with van der Waals surface area (Å²) in [6, 6.07) is 0. The van der Waals surface area contributed by atoms with E-state index < -0.39 is 11.0 Å². The van der Waals surface area contributed by atoms with E-state index in [4.69, 9.17) is 9.47 Å². The number of ether oxygens (including phenoxy) is 2. The molecule has 0 bridgehead atoms. The van der Waals surface area contributed by atoms with E-state index in [0.29, 0.717) is 19.3 Å². The largest absolute Gasteiger partial charge is 0.462 e. The Morgan fingerprint density at radius 2 is 1.69 bits per heavy atom. The average molecular weight is 407 g/mol. The second-order valence-electron chi connectivity index (χ2n) is 10.4. The van der Waals surface area contributed by atoms with Crippen LogP contribution in [0.25, 0.3) is 0 Å². The molecule has 4 aliphatic carbocycles. The van der Waals surface area contributed by atoms with Crippen LogP contribution in [-0.2, 0) is 23.9 Å². The van der Waals surface area contributed by atoms with Crippen molar-refractivity contribution in [3.8, 4) is 0 Å². The Balaban J connectivity index is 1.78. The van der Waals surface area contributed by atoms with Crippen molar-refractivity contribution < 1.29 is 29.0 Å². The minimum atomic E-state index is -1.33. The van der Waals surface area contributed by atoms with Gasteiger partial charge in [-0.15, -0.1) is 0 Å². The Morgan fingerprint density at radius 1 is 1.03 bits per heavy atom. The molecule has 4 saturated carbocycles. The monoisotopic (exact) mass is 406 g/mol. The van der Waals surface area contributed by atoms with Gasteiger partial charge in [0.05, 0.1) is 0 Å². The van der Waals surface area contributed by atoms with Gasteiger partial charge in [-0.05, 0) is 43.9 Å². The molecule has 0 aromatic rings. The first-order valence-electron chi connectivity index (χ1n) is 11.1. The summed E-state index contributed by atoms with van der Waals surface area (Å²) in [5.41, 5.74) is -2.24. The minimum Gasteiger partial charge on any atom is -0.462 e. The second kappa shape index (κ2) is 6.79. The quantitative estimate of drug-likeness (QED) is 0.709. The van der Waals surface area contributed by atoms with E-state index in [9.17, 15) is 19.5 Å². The summed E-state index contributed by atoms with van der Waals surface area (Å²) in [4.78, 5) is 37.0. The van der Waals surface area contributed by atoms with Crippen molar-refractivity contribution >= 4 is 17.7 Å². The molecule has 0 saturated heterocycles. The van der Waals surface area contributed by atoms with Gasteiger partial charge in [0.1, 0.15) is 17.8 Å². The molecule has 8 atom stereocenters. The van der Waals surface area contributed by atoms with Crippen molar-refractivity contribution in [1.29, 1.82) is 0 Å². The Morgan fingerprint density at radius 3 is 2.34 bits per heavy atom. The predicted octanol–water partition coefficient (Wildman–Crippen LogP) is 3.19. The van der Waals surface area contributed by atoms with Crippen LogP contribution in [0, 0.1) is 28.6 Å². The maximum Gasteiger partial charge on any atom is 0.302 e. The fraction of sp³-hybridized carbons (Fsp3) is 0.870. The smallest absolute Gasteiger partial charge is 0.302 e. The molecule has 0 aromatic carbocycles. The van der Waals surface area contributed by atoms with Crippen LogP contribution in [0.3, 0.4) is 0 Å². The zero-order valence-electron chi connectivity index (χ0n) is 18.0. The molecule has 0 radical (unpaired) electrons.